The Morgan fingerprint density at radius 2 is 2.21 bits per heavy atom. The van der Waals surface area contributed by atoms with Gasteiger partial charge in [0.05, 0.1) is 12.5 Å². The second-order valence-corrected chi connectivity index (χ2v) is 6.20. The van der Waals surface area contributed by atoms with Gasteiger partial charge in [-0.15, -0.1) is 0 Å². The van der Waals surface area contributed by atoms with Gasteiger partial charge in [0.1, 0.15) is 5.84 Å². The Balaban J connectivity index is 1.67. The van der Waals surface area contributed by atoms with Crippen molar-refractivity contribution >= 4 is 27.5 Å². The number of halogens is 1. The number of Topliss-reactive ketones (excluding diaryl/α,β-unsaturated/α-hetero) is 1. The number of rotatable bonds is 3. The number of nitrogens with zero attached hydrogens (tertiary/aromatic N) is 1. The van der Waals surface area contributed by atoms with Gasteiger partial charge in [0.25, 0.3) is 0 Å². The van der Waals surface area contributed by atoms with Crippen LogP contribution < -0.4 is 5.32 Å². The van der Waals surface area contributed by atoms with Gasteiger partial charge in [0.15, 0.2) is 5.78 Å². The van der Waals surface area contributed by atoms with Crippen molar-refractivity contribution in [1.82, 2.24) is 5.32 Å². The first kappa shape index (κ1) is 12.9. The van der Waals surface area contributed by atoms with E-state index in [2.05, 4.69) is 26.2 Å². The van der Waals surface area contributed by atoms with Crippen LogP contribution in [0, 0.1) is 0 Å². The molecule has 1 saturated carbocycles. The third-order valence-electron chi connectivity index (χ3n) is 3.88. The summed E-state index contributed by atoms with van der Waals surface area (Å²) in [5.41, 5.74) is 0.744. The van der Waals surface area contributed by atoms with Gasteiger partial charge in [-0.2, -0.15) is 0 Å². The van der Waals surface area contributed by atoms with Crippen LogP contribution in [0.3, 0.4) is 0 Å². The molecule has 3 nitrogen and oxygen atoms in total. The molecule has 2 atom stereocenters. The summed E-state index contributed by atoms with van der Waals surface area (Å²) in [7, 11) is 0. The molecular weight excluding hydrogens is 304 g/mol. The van der Waals surface area contributed by atoms with Crippen LogP contribution >= 0.6 is 15.9 Å². The van der Waals surface area contributed by atoms with Crippen molar-refractivity contribution in [3.05, 3.63) is 34.3 Å². The van der Waals surface area contributed by atoms with Crippen LogP contribution in [0.2, 0.25) is 0 Å². The summed E-state index contributed by atoms with van der Waals surface area (Å²) in [5, 5.41) is 3.43. The molecule has 1 heterocycles. The highest BCUT2D eigenvalue weighted by Crippen LogP contribution is 2.25. The number of ketones is 1. The number of hydrogen-bond donors (Lipinski definition) is 1. The molecule has 3 rings (SSSR count). The molecule has 19 heavy (non-hydrogen) atoms. The fourth-order valence-electron chi connectivity index (χ4n) is 2.90. The Morgan fingerprint density at radius 1 is 1.37 bits per heavy atom. The lowest BCUT2D eigenvalue weighted by atomic mass is 9.92. The topological polar surface area (TPSA) is 41.5 Å². The molecule has 0 amide bonds. The monoisotopic (exact) mass is 320 g/mol. The van der Waals surface area contributed by atoms with Crippen molar-refractivity contribution in [3.8, 4) is 0 Å². The molecule has 1 aliphatic heterocycles. The molecular formula is C15H17BrN2O. The van der Waals surface area contributed by atoms with Gasteiger partial charge in [-0.05, 0) is 25.0 Å². The van der Waals surface area contributed by atoms with Crippen LogP contribution in [0.4, 0.5) is 0 Å². The number of fused-ring (bicyclic) bond motifs is 1. The normalized spacial score (nSPS) is 25.4. The summed E-state index contributed by atoms with van der Waals surface area (Å²) >= 11 is 3.39. The first-order chi connectivity index (χ1) is 9.22. The Hall–Kier alpha value is -1.16. The third-order valence-corrected chi connectivity index (χ3v) is 4.37. The molecule has 1 aromatic rings. The van der Waals surface area contributed by atoms with Gasteiger partial charge in [0, 0.05) is 16.1 Å². The van der Waals surface area contributed by atoms with Gasteiger partial charge >= 0.3 is 0 Å². The standard InChI is InChI=1S/C15H17BrN2O/c16-11-5-3-4-10(8-11)14(19)9-15-17-12-6-1-2-7-13(12)18-15/h3-5,8,12-13H,1-2,6-7,9H2,(H,17,18)/t12-,13-/m0/s1. The SMILES string of the molecule is O=C(CC1=N[C@H]2CCCC[C@@H]2N1)c1cccc(Br)c1. The molecule has 0 spiro atoms. The number of benzene rings is 1. The number of nitrogens with one attached hydrogen (secondary N) is 1. The van der Waals surface area contributed by atoms with Crippen LogP contribution in [-0.4, -0.2) is 23.7 Å². The predicted molar refractivity (Wildman–Crippen MR) is 79.7 cm³/mol. The maximum absolute atomic E-state index is 12.2. The molecule has 1 N–H and O–H groups in total. The number of aliphatic imine (C=N–C) groups is 1. The van der Waals surface area contributed by atoms with E-state index in [0.717, 1.165) is 22.3 Å². The Kier molecular flexibility index (Phi) is 3.69. The van der Waals surface area contributed by atoms with Crippen LogP contribution in [-0.2, 0) is 0 Å². The van der Waals surface area contributed by atoms with Crippen molar-refractivity contribution in [1.29, 1.82) is 0 Å². The molecule has 1 fully saturated rings. The largest absolute Gasteiger partial charge is 0.369 e. The summed E-state index contributed by atoms with van der Waals surface area (Å²) in [5.74, 6) is 1.01. The summed E-state index contributed by atoms with van der Waals surface area (Å²) in [4.78, 5) is 16.9. The number of carbonyl (C=O) groups is 1. The number of carbonyl (C=O) groups excluding carboxylic acids is 1. The van der Waals surface area contributed by atoms with E-state index in [9.17, 15) is 4.79 Å². The van der Waals surface area contributed by atoms with E-state index in [4.69, 9.17) is 0 Å². The average Bonchev–Trinajstić information content (AvgIpc) is 2.80. The minimum absolute atomic E-state index is 0.131. The Labute approximate surface area is 121 Å². The number of hydrogen-bond acceptors (Lipinski definition) is 3. The first-order valence-corrected chi connectivity index (χ1v) is 7.63. The van der Waals surface area contributed by atoms with Crippen molar-refractivity contribution in [2.24, 2.45) is 4.99 Å². The second kappa shape index (κ2) is 5.45. The lowest BCUT2D eigenvalue weighted by molar-refractivity contribution is 0.1000. The van der Waals surface area contributed by atoms with E-state index in [-0.39, 0.29) is 5.78 Å². The maximum Gasteiger partial charge on any atom is 0.170 e. The quantitative estimate of drug-likeness (QED) is 0.868. The molecule has 1 aliphatic carbocycles. The lowest BCUT2D eigenvalue weighted by Gasteiger charge is -2.23. The van der Waals surface area contributed by atoms with Gasteiger partial charge in [-0.25, -0.2) is 0 Å². The average molecular weight is 321 g/mol. The summed E-state index contributed by atoms with van der Waals surface area (Å²) in [6, 6.07) is 8.41. The molecule has 0 radical (unpaired) electrons. The molecule has 2 aliphatic rings. The van der Waals surface area contributed by atoms with Crippen LogP contribution in [0.15, 0.2) is 33.7 Å². The fraction of sp³-hybridized carbons (Fsp3) is 0.467. The summed E-state index contributed by atoms with van der Waals surface area (Å²) < 4.78 is 0.938. The minimum atomic E-state index is 0.131. The van der Waals surface area contributed by atoms with Gasteiger partial charge in [-0.3, -0.25) is 9.79 Å². The Morgan fingerprint density at radius 3 is 3.00 bits per heavy atom. The third kappa shape index (κ3) is 2.89. The van der Waals surface area contributed by atoms with Gasteiger partial charge in [-0.1, -0.05) is 40.9 Å². The van der Waals surface area contributed by atoms with Gasteiger partial charge < -0.3 is 5.32 Å². The van der Waals surface area contributed by atoms with Gasteiger partial charge in [0.2, 0.25) is 0 Å². The van der Waals surface area contributed by atoms with Crippen molar-refractivity contribution in [2.45, 2.75) is 44.2 Å². The summed E-state index contributed by atoms with van der Waals surface area (Å²) in [6.07, 6.45) is 5.27. The van der Waals surface area contributed by atoms with Crippen LogP contribution in [0.25, 0.3) is 0 Å². The molecule has 0 bridgehead atoms. The lowest BCUT2D eigenvalue weighted by Crippen LogP contribution is -2.37. The highest BCUT2D eigenvalue weighted by Gasteiger charge is 2.31. The predicted octanol–water partition coefficient (Wildman–Crippen LogP) is 3.33. The van der Waals surface area contributed by atoms with Crippen molar-refractivity contribution in [3.63, 3.8) is 0 Å². The molecule has 100 valence electrons. The van der Waals surface area contributed by atoms with Crippen LogP contribution in [0.5, 0.6) is 0 Å². The zero-order chi connectivity index (χ0) is 13.2. The van der Waals surface area contributed by atoms with Crippen LogP contribution in [0.1, 0.15) is 42.5 Å². The molecule has 0 saturated heterocycles. The Bertz CT molecular complexity index is 527. The molecule has 4 heteroatoms. The van der Waals surface area contributed by atoms with E-state index in [1.54, 1.807) is 0 Å². The van der Waals surface area contributed by atoms with E-state index in [1.807, 2.05) is 24.3 Å². The van der Waals surface area contributed by atoms with E-state index < -0.39 is 0 Å². The number of amidine groups is 1. The van der Waals surface area contributed by atoms with E-state index in [1.165, 1.54) is 19.3 Å². The van der Waals surface area contributed by atoms with Crippen molar-refractivity contribution < 1.29 is 4.79 Å². The molecule has 0 unspecified atom stereocenters. The summed E-state index contributed by atoms with van der Waals surface area (Å²) in [6.45, 7) is 0. The zero-order valence-corrected chi connectivity index (χ0v) is 12.3. The first-order valence-electron chi connectivity index (χ1n) is 6.84. The molecule has 0 aromatic heterocycles. The van der Waals surface area contributed by atoms with E-state index >= 15 is 0 Å². The smallest absolute Gasteiger partial charge is 0.170 e. The maximum atomic E-state index is 12.2. The highest BCUT2D eigenvalue weighted by atomic mass is 79.9. The molecule has 1 aromatic carbocycles. The zero-order valence-electron chi connectivity index (χ0n) is 10.7. The minimum Gasteiger partial charge on any atom is -0.369 e. The fourth-order valence-corrected chi connectivity index (χ4v) is 3.30. The van der Waals surface area contributed by atoms with Crippen molar-refractivity contribution in [2.75, 3.05) is 0 Å². The second-order valence-electron chi connectivity index (χ2n) is 5.29. The van der Waals surface area contributed by atoms with E-state index in [0.29, 0.717) is 18.5 Å². The highest BCUT2D eigenvalue weighted by molar-refractivity contribution is 9.10.